The van der Waals surface area contributed by atoms with Gasteiger partial charge >= 0.3 is 26.6 Å². The molecule has 1 rings (SSSR count). The second-order valence-electron chi connectivity index (χ2n) is 0.237. The molecule has 0 radical (unpaired) electrons. The van der Waals surface area contributed by atoms with E-state index >= 15 is 0 Å². The first kappa shape index (κ1) is 4.54. The summed E-state index contributed by atoms with van der Waals surface area (Å²) in [4.78, 5) is 0. The summed E-state index contributed by atoms with van der Waals surface area (Å²) in [5, 5.41) is 0. The molecule has 0 aliphatic carbocycles. The van der Waals surface area contributed by atoms with Crippen LogP contribution >= 0.6 is 0 Å². The summed E-state index contributed by atoms with van der Waals surface area (Å²) in [5.41, 5.74) is 0. The Labute approximate surface area is 32.8 Å². The van der Waals surface area contributed by atoms with Gasteiger partial charge in [-0.2, -0.15) is 0 Å². The first-order valence-corrected chi connectivity index (χ1v) is 2.12. The number of hydrazine groups is 1. The maximum absolute atomic E-state index is 2.80. The third-order valence-electron chi connectivity index (χ3n) is 0.0791. The zero-order chi connectivity index (χ0) is 2.12. The zero-order valence-corrected chi connectivity index (χ0v) is 3.37. The standard InChI is InChI=1S/H2N2.H2O.Pd/c1-2;;/h1-2H;1H2;/q-2;;+2. The topological polar surface area (TPSA) is 75.4 Å². The first-order chi connectivity index (χ1) is 1.50. The molecular formula is H4N2OPd. The van der Waals surface area contributed by atoms with Gasteiger partial charge in [0.05, 0.1) is 0 Å². The number of hydrogen-bond donors (Lipinski definition) is 2. The number of nitrogens with one attached hydrogen (secondary N) is 2. The summed E-state index contributed by atoms with van der Waals surface area (Å²) in [7, 11) is 0. The van der Waals surface area contributed by atoms with E-state index < -0.39 is 0 Å². The van der Waals surface area contributed by atoms with Crippen molar-refractivity contribution < 1.29 is 23.9 Å². The second kappa shape index (κ2) is 1.82. The molecule has 0 saturated carbocycles. The molecule has 1 aliphatic rings. The van der Waals surface area contributed by atoms with Crippen LogP contribution in [0.25, 0.3) is 0 Å². The fourth-order valence-electron chi connectivity index (χ4n) is 0. The van der Waals surface area contributed by atoms with Gasteiger partial charge in [0.1, 0.15) is 0 Å². The van der Waals surface area contributed by atoms with Gasteiger partial charge in [0.15, 0.2) is 0 Å². The first-order valence-electron chi connectivity index (χ1n) is 0.566. The molecule has 1 aliphatic heterocycles. The third kappa shape index (κ3) is 2.54. The van der Waals surface area contributed by atoms with Gasteiger partial charge in [-0.1, -0.05) is 0 Å². The molecule has 0 amide bonds. The van der Waals surface area contributed by atoms with E-state index in [0.717, 1.165) is 0 Å². The molecule has 0 atom stereocenters. The Morgan fingerprint density at radius 3 is 1.50 bits per heavy atom. The van der Waals surface area contributed by atoms with Crippen LogP contribution in [0.1, 0.15) is 0 Å². The molecule has 0 aromatic carbocycles. The van der Waals surface area contributed by atoms with Gasteiger partial charge in [-0.25, -0.2) is 0 Å². The fraction of sp³-hybridized carbons (Fsp3) is 0. The Bertz CT molecular complexity index is 10.8. The van der Waals surface area contributed by atoms with E-state index in [2.05, 4.69) is 8.12 Å². The SMILES string of the molecule is O.[NH]1[NH][Pd]1. The van der Waals surface area contributed by atoms with Crippen molar-refractivity contribution in [2.75, 3.05) is 0 Å². The summed E-state index contributed by atoms with van der Waals surface area (Å²) >= 11 is 0.700. The average Bonchev–Trinajstić information content (AvgIpc) is 1.46. The molecule has 0 aromatic heterocycles. The van der Waals surface area contributed by atoms with E-state index in [1.807, 2.05) is 0 Å². The van der Waals surface area contributed by atoms with Crippen molar-refractivity contribution in [1.29, 1.82) is 0 Å². The molecule has 30 valence electrons. The van der Waals surface area contributed by atoms with Gasteiger partial charge in [-0.15, -0.1) is 0 Å². The molecule has 1 fully saturated rings. The van der Waals surface area contributed by atoms with Crippen molar-refractivity contribution in [2.45, 2.75) is 0 Å². The molecule has 0 unspecified atom stereocenters. The quantitative estimate of drug-likeness (QED) is 0.319. The minimum atomic E-state index is 0. The third-order valence-corrected chi connectivity index (χ3v) is 0.468. The Kier molecular flexibility index (Phi) is 2.07. The average molecular weight is 154 g/mol. The molecule has 0 aromatic rings. The maximum atomic E-state index is 2.80. The van der Waals surface area contributed by atoms with Crippen molar-refractivity contribution in [2.24, 2.45) is 0 Å². The van der Waals surface area contributed by atoms with Gasteiger partial charge in [0.2, 0.25) is 0 Å². The predicted octanol–water partition coefficient (Wildman–Crippen LogP) is -1.82. The van der Waals surface area contributed by atoms with Crippen LogP contribution in [0.2, 0.25) is 0 Å². The summed E-state index contributed by atoms with van der Waals surface area (Å²) in [6.07, 6.45) is 0. The van der Waals surface area contributed by atoms with Crippen LogP contribution in [0.15, 0.2) is 0 Å². The van der Waals surface area contributed by atoms with E-state index in [0.29, 0.717) is 18.5 Å². The Balaban J connectivity index is 0.0000000900. The molecule has 4 heteroatoms. The molecular weight excluding hydrogens is 150 g/mol. The summed E-state index contributed by atoms with van der Waals surface area (Å²) in [6, 6.07) is 0. The van der Waals surface area contributed by atoms with Crippen LogP contribution in [0.3, 0.4) is 0 Å². The van der Waals surface area contributed by atoms with E-state index in [1.165, 1.54) is 0 Å². The fourth-order valence-corrected chi connectivity index (χ4v) is 0. The molecule has 3 nitrogen and oxygen atoms in total. The van der Waals surface area contributed by atoms with Gasteiger partial charge < -0.3 is 5.48 Å². The number of rotatable bonds is 0. The zero-order valence-electron chi connectivity index (χ0n) is 1.82. The van der Waals surface area contributed by atoms with E-state index in [-0.39, 0.29) is 5.48 Å². The molecule has 1 saturated heterocycles. The summed E-state index contributed by atoms with van der Waals surface area (Å²) in [5.74, 6) is 0. The Morgan fingerprint density at radius 2 is 1.50 bits per heavy atom. The van der Waals surface area contributed by atoms with Crippen molar-refractivity contribution in [1.82, 2.24) is 8.12 Å². The Hall–Kier alpha value is 0.542. The van der Waals surface area contributed by atoms with Gasteiger partial charge in [0.25, 0.3) is 0 Å². The summed E-state index contributed by atoms with van der Waals surface area (Å²) < 4.78 is 5.60. The van der Waals surface area contributed by atoms with Gasteiger partial charge in [-0.05, 0) is 0 Å². The molecule has 1 heterocycles. The summed E-state index contributed by atoms with van der Waals surface area (Å²) in [6.45, 7) is 0. The van der Waals surface area contributed by atoms with Crippen LogP contribution in [-0.4, -0.2) is 5.48 Å². The van der Waals surface area contributed by atoms with Crippen LogP contribution in [0.4, 0.5) is 0 Å². The second-order valence-corrected chi connectivity index (χ2v) is 1.40. The van der Waals surface area contributed by atoms with Crippen molar-refractivity contribution in [3.05, 3.63) is 0 Å². The normalized spacial score (nSPS) is 20.0. The minimum absolute atomic E-state index is 0. The van der Waals surface area contributed by atoms with Crippen LogP contribution in [-0.2, 0) is 18.5 Å². The van der Waals surface area contributed by atoms with E-state index in [1.54, 1.807) is 0 Å². The van der Waals surface area contributed by atoms with Gasteiger partial charge in [0, 0.05) is 0 Å². The number of hydrogen-bond acceptors (Lipinski definition) is 2. The Morgan fingerprint density at radius 1 is 1.25 bits per heavy atom. The van der Waals surface area contributed by atoms with Crippen molar-refractivity contribution >= 4 is 0 Å². The predicted molar refractivity (Wildman–Crippen MR) is 9.89 cm³/mol. The molecule has 4 heavy (non-hydrogen) atoms. The molecule has 0 spiro atoms. The van der Waals surface area contributed by atoms with Crippen LogP contribution in [0, 0.1) is 0 Å². The molecule has 4 N–H and O–H groups in total. The molecule has 0 bridgehead atoms. The van der Waals surface area contributed by atoms with Crippen molar-refractivity contribution in [3.8, 4) is 0 Å². The van der Waals surface area contributed by atoms with Crippen LogP contribution in [0.5, 0.6) is 0 Å². The van der Waals surface area contributed by atoms with E-state index in [4.69, 9.17) is 0 Å². The van der Waals surface area contributed by atoms with Crippen molar-refractivity contribution in [3.63, 3.8) is 0 Å². The van der Waals surface area contributed by atoms with Crippen LogP contribution < -0.4 is 8.12 Å². The van der Waals surface area contributed by atoms with E-state index in [9.17, 15) is 0 Å². The van der Waals surface area contributed by atoms with Gasteiger partial charge in [-0.3, -0.25) is 0 Å². The monoisotopic (exact) mass is 154 g/mol.